The van der Waals surface area contributed by atoms with E-state index >= 15 is 0 Å². The molecule has 5 rings (SSSR count). The average molecular weight is 501 g/mol. The van der Waals surface area contributed by atoms with E-state index in [-0.39, 0.29) is 23.6 Å². The number of carboxylic acid groups (broad SMARTS) is 1. The van der Waals surface area contributed by atoms with E-state index in [1.165, 1.54) is 12.1 Å². The maximum Gasteiger partial charge on any atom is 0.303 e. The molecule has 2 atom stereocenters. The first-order chi connectivity index (χ1) is 17.9. The molecule has 6 nitrogen and oxygen atoms in total. The first kappa shape index (κ1) is 25.9. The number of nitrogens with zero attached hydrogens (tertiary/aromatic N) is 1. The Morgan fingerprint density at radius 1 is 1.19 bits per heavy atom. The van der Waals surface area contributed by atoms with Crippen LogP contribution < -0.4 is 10.1 Å². The number of carbonyl (C=O) groups excluding carboxylic acids is 1. The lowest BCUT2D eigenvalue weighted by atomic mass is 9.86. The predicted octanol–water partition coefficient (Wildman–Crippen LogP) is 5.74. The standard InChI is InChI=1S/C18H15FO2.C12H14N2O2/c19-15-4-1-12(2-5-15)13-3-6-17-16(9-13)18(7-8-21-17)10-14(18)11-20;1-14-11-7-9(8-13)5-6-10(11)3-2-4-12(15)16/h1-6,9,11,14H,7-8,10H2;5-7,14H,2-4H2,1H3,(H,15,16). The molecule has 1 fully saturated rings. The fourth-order valence-corrected chi connectivity index (χ4v) is 4.98. The molecule has 2 N–H and O–H groups in total. The molecule has 37 heavy (non-hydrogen) atoms. The van der Waals surface area contributed by atoms with Gasteiger partial charge in [-0.25, -0.2) is 4.39 Å². The van der Waals surface area contributed by atoms with Gasteiger partial charge in [-0.15, -0.1) is 0 Å². The van der Waals surface area contributed by atoms with Crippen molar-refractivity contribution < 1.29 is 23.8 Å². The number of hydrogen-bond acceptors (Lipinski definition) is 5. The van der Waals surface area contributed by atoms with Crippen LogP contribution in [0.25, 0.3) is 11.1 Å². The normalized spacial score (nSPS) is 18.9. The van der Waals surface area contributed by atoms with Crippen molar-refractivity contribution in [3.63, 3.8) is 0 Å². The maximum absolute atomic E-state index is 13.0. The molecule has 0 aromatic heterocycles. The van der Waals surface area contributed by atoms with Crippen molar-refractivity contribution in [1.29, 1.82) is 5.26 Å². The van der Waals surface area contributed by atoms with Crippen molar-refractivity contribution in [2.45, 2.75) is 37.5 Å². The van der Waals surface area contributed by atoms with Crippen LogP contribution in [0.4, 0.5) is 10.1 Å². The van der Waals surface area contributed by atoms with Crippen molar-refractivity contribution in [2.75, 3.05) is 19.0 Å². The third-order valence-corrected chi connectivity index (χ3v) is 7.14. The summed E-state index contributed by atoms with van der Waals surface area (Å²) in [7, 11) is 1.79. The van der Waals surface area contributed by atoms with Crippen LogP contribution in [0.5, 0.6) is 5.75 Å². The Bertz CT molecular complexity index is 1330. The summed E-state index contributed by atoms with van der Waals surface area (Å²) >= 11 is 0. The van der Waals surface area contributed by atoms with Crippen LogP contribution in [0.2, 0.25) is 0 Å². The summed E-state index contributed by atoms with van der Waals surface area (Å²) in [6, 6.07) is 20.0. The van der Waals surface area contributed by atoms with E-state index in [9.17, 15) is 14.0 Å². The summed E-state index contributed by atoms with van der Waals surface area (Å²) in [4.78, 5) is 21.5. The van der Waals surface area contributed by atoms with Gasteiger partial charge in [-0.1, -0.05) is 24.3 Å². The second kappa shape index (κ2) is 11.3. The maximum atomic E-state index is 13.0. The lowest BCUT2D eigenvalue weighted by Crippen LogP contribution is -2.22. The molecule has 1 spiro atoms. The van der Waals surface area contributed by atoms with Crippen LogP contribution in [-0.4, -0.2) is 31.0 Å². The fourth-order valence-electron chi connectivity index (χ4n) is 4.98. The van der Waals surface area contributed by atoms with E-state index in [1.807, 2.05) is 18.2 Å². The molecule has 1 heterocycles. The third kappa shape index (κ3) is 5.80. The minimum absolute atomic E-state index is 0.0224. The summed E-state index contributed by atoms with van der Waals surface area (Å²) in [5.74, 6) is -0.0144. The Balaban J connectivity index is 0.000000181. The van der Waals surface area contributed by atoms with Crippen molar-refractivity contribution in [3.8, 4) is 22.9 Å². The first-order valence-electron chi connectivity index (χ1n) is 12.3. The van der Waals surface area contributed by atoms with E-state index in [0.717, 1.165) is 52.8 Å². The highest BCUT2D eigenvalue weighted by atomic mass is 19.1. The molecule has 3 aromatic carbocycles. The fraction of sp³-hybridized carbons (Fsp3) is 0.300. The van der Waals surface area contributed by atoms with Crippen LogP contribution >= 0.6 is 0 Å². The highest BCUT2D eigenvalue weighted by Gasteiger charge is 2.57. The molecule has 3 aromatic rings. The molecule has 1 aliphatic carbocycles. The number of ether oxygens (including phenoxy) is 1. The summed E-state index contributed by atoms with van der Waals surface area (Å²) in [5, 5.41) is 20.3. The van der Waals surface area contributed by atoms with Crippen LogP contribution in [-0.2, 0) is 21.4 Å². The number of aldehydes is 1. The zero-order valence-electron chi connectivity index (χ0n) is 20.7. The quantitative estimate of drug-likeness (QED) is 0.402. The van der Waals surface area contributed by atoms with Crippen molar-refractivity contribution >= 4 is 17.9 Å². The second-order valence-corrected chi connectivity index (χ2v) is 9.40. The number of carboxylic acids is 1. The molecule has 0 bridgehead atoms. The lowest BCUT2D eigenvalue weighted by Gasteiger charge is -2.27. The summed E-state index contributed by atoms with van der Waals surface area (Å²) in [6.45, 7) is 0.674. The first-order valence-corrected chi connectivity index (χ1v) is 12.3. The number of hydrogen-bond donors (Lipinski definition) is 2. The predicted molar refractivity (Wildman–Crippen MR) is 139 cm³/mol. The number of nitriles is 1. The molecule has 7 heteroatoms. The van der Waals surface area contributed by atoms with Gasteiger partial charge in [0.25, 0.3) is 0 Å². The second-order valence-electron chi connectivity index (χ2n) is 9.40. The number of halogens is 1. The molecule has 2 aliphatic rings. The molecule has 0 radical (unpaired) electrons. The Kier molecular flexibility index (Phi) is 7.88. The number of benzene rings is 3. The van der Waals surface area contributed by atoms with Crippen LogP contribution in [0.15, 0.2) is 60.7 Å². The molecule has 0 amide bonds. The van der Waals surface area contributed by atoms with E-state index in [0.29, 0.717) is 25.0 Å². The van der Waals surface area contributed by atoms with Gasteiger partial charge in [0, 0.05) is 36.1 Å². The molecule has 1 aliphatic heterocycles. The molecular formula is C30H29FN2O4. The Labute approximate surface area is 215 Å². The number of fused-ring (bicyclic) bond motifs is 2. The number of nitrogens with one attached hydrogen (secondary N) is 1. The highest BCUT2D eigenvalue weighted by Crippen LogP contribution is 2.60. The largest absolute Gasteiger partial charge is 0.493 e. The number of carbonyl (C=O) groups is 2. The van der Waals surface area contributed by atoms with E-state index in [1.54, 1.807) is 31.3 Å². The molecule has 190 valence electrons. The Morgan fingerprint density at radius 3 is 2.59 bits per heavy atom. The Hall–Kier alpha value is -4.18. The topological polar surface area (TPSA) is 99.4 Å². The van der Waals surface area contributed by atoms with E-state index < -0.39 is 5.97 Å². The summed E-state index contributed by atoms with van der Waals surface area (Å²) in [5.41, 5.74) is 5.66. The van der Waals surface area contributed by atoms with Gasteiger partial charge in [-0.3, -0.25) is 4.79 Å². The minimum atomic E-state index is -0.778. The zero-order valence-corrected chi connectivity index (χ0v) is 20.7. The monoisotopic (exact) mass is 500 g/mol. The van der Waals surface area contributed by atoms with Gasteiger partial charge in [0.15, 0.2) is 0 Å². The van der Waals surface area contributed by atoms with Gasteiger partial charge in [0.05, 0.1) is 18.2 Å². The van der Waals surface area contributed by atoms with Crippen molar-refractivity contribution in [2.24, 2.45) is 5.92 Å². The van der Waals surface area contributed by atoms with Gasteiger partial charge in [-0.2, -0.15) is 5.26 Å². The van der Waals surface area contributed by atoms with Crippen LogP contribution in [0.1, 0.15) is 42.4 Å². The van der Waals surface area contributed by atoms with Crippen molar-refractivity contribution in [1.82, 2.24) is 0 Å². The minimum Gasteiger partial charge on any atom is -0.493 e. The van der Waals surface area contributed by atoms with Crippen molar-refractivity contribution in [3.05, 3.63) is 83.2 Å². The van der Waals surface area contributed by atoms with E-state index in [4.69, 9.17) is 15.1 Å². The number of aliphatic carboxylic acids is 1. The third-order valence-electron chi connectivity index (χ3n) is 7.14. The van der Waals surface area contributed by atoms with Gasteiger partial charge in [-0.05, 0) is 78.8 Å². The summed E-state index contributed by atoms with van der Waals surface area (Å²) < 4.78 is 18.8. The molecule has 2 unspecified atom stereocenters. The molecular weight excluding hydrogens is 471 g/mol. The van der Waals surface area contributed by atoms with E-state index in [2.05, 4.69) is 17.5 Å². The van der Waals surface area contributed by atoms with Gasteiger partial charge < -0.3 is 20.0 Å². The molecule has 1 saturated carbocycles. The zero-order chi connectivity index (χ0) is 26.4. The average Bonchev–Trinajstić information content (AvgIpc) is 3.62. The van der Waals surface area contributed by atoms with Gasteiger partial charge in [0.2, 0.25) is 0 Å². The number of anilines is 1. The Morgan fingerprint density at radius 2 is 1.95 bits per heavy atom. The number of rotatable bonds is 7. The van der Waals surface area contributed by atoms with Crippen LogP contribution in [0.3, 0.4) is 0 Å². The van der Waals surface area contributed by atoms with Crippen LogP contribution in [0, 0.1) is 23.1 Å². The summed E-state index contributed by atoms with van der Waals surface area (Å²) in [6.07, 6.45) is 4.36. The smallest absolute Gasteiger partial charge is 0.303 e. The highest BCUT2D eigenvalue weighted by molar-refractivity contribution is 5.71. The molecule has 0 saturated heterocycles. The SMILES string of the molecule is CNc1cc(C#N)ccc1CCCC(=O)O.O=CC1CC12CCOc1ccc(-c3ccc(F)cc3)cc12. The lowest BCUT2D eigenvalue weighted by molar-refractivity contribution is -0.137. The van der Waals surface area contributed by atoms with Gasteiger partial charge >= 0.3 is 5.97 Å². The number of aryl methyl sites for hydroxylation is 1. The van der Waals surface area contributed by atoms with Gasteiger partial charge in [0.1, 0.15) is 17.9 Å².